The minimum absolute atomic E-state index is 0.120. The maximum absolute atomic E-state index is 12.4. The van der Waals surface area contributed by atoms with Gasteiger partial charge in [0.1, 0.15) is 0 Å². The van der Waals surface area contributed by atoms with E-state index in [1.54, 1.807) is 11.8 Å². The van der Waals surface area contributed by atoms with Crippen LogP contribution in [0.25, 0.3) is 10.9 Å². The first-order chi connectivity index (χ1) is 11.1. The van der Waals surface area contributed by atoms with Crippen LogP contribution in [0.4, 0.5) is 0 Å². The molecule has 1 heterocycles. The number of carbonyl (C=O) groups excluding carboxylic acids is 1. The molecule has 0 bridgehead atoms. The molecule has 0 radical (unpaired) electrons. The molecule has 1 saturated carbocycles. The molecule has 1 atom stereocenters. The minimum Gasteiger partial charge on any atom is -0.352 e. The summed E-state index contributed by atoms with van der Waals surface area (Å²) in [5.74, 6) is 0.134. The number of thioether (sulfide) groups is 1. The third kappa shape index (κ3) is 4.05. The molecule has 1 amide bonds. The summed E-state index contributed by atoms with van der Waals surface area (Å²) in [7, 11) is 0. The third-order valence-electron chi connectivity index (χ3n) is 4.52. The molecule has 1 aliphatic carbocycles. The molecule has 0 spiro atoms. The summed E-state index contributed by atoms with van der Waals surface area (Å²) >= 11 is 1.55. The Labute approximate surface area is 142 Å². The van der Waals surface area contributed by atoms with E-state index >= 15 is 0 Å². The Bertz CT molecular complexity index is 695. The maximum atomic E-state index is 12.4. The van der Waals surface area contributed by atoms with Crippen molar-refractivity contribution in [3.05, 3.63) is 35.9 Å². The van der Waals surface area contributed by atoms with Crippen molar-refractivity contribution in [1.29, 1.82) is 0 Å². The van der Waals surface area contributed by atoms with Crippen LogP contribution in [-0.4, -0.2) is 22.2 Å². The number of aromatic nitrogens is 1. The summed E-state index contributed by atoms with van der Waals surface area (Å²) < 4.78 is 0. The minimum atomic E-state index is -0.120. The van der Waals surface area contributed by atoms with E-state index in [0.717, 1.165) is 23.4 Å². The highest BCUT2D eigenvalue weighted by Crippen LogP contribution is 2.27. The molecule has 1 aliphatic rings. The van der Waals surface area contributed by atoms with Crippen LogP contribution in [0.1, 0.15) is 44.6 Å². The number of fused-ring (bicyclic) bond motifs is 1. The molecule has 1 N–H and O–H groups in total. The number of hydrogen-bond acceptors (Lipinski definition) is 3. The maximum Gasteiger partial charge on any atom is 0.233 e. The van der Waals surface area contributed by atoms with Gasteiger partial charge in [0.2, 0.25) is 5.91 Å². The molecule has 122 valence electrons. The number of amides is 1. The number of hydrogen-bond donors (Lipinski definition) is 1. The first-order valence-corrected chi connectivity index (χ1v) is 9.35. The first-order valence-electron chi connectivity index (χ1n) is 8.47. The van der Waals surface area contributed by atoms with E-state index in [1.807, 2.05) is 25.1 Å². The molecular formula is C19H24N2OS. The standard InChI is InChI=1S/C19H24N2OS/c1-13-12-18(21-17-11-7-6-10-16(13)17)23-14(2)19(22)20-15-8-4-3-5-9-15/h6-7,10-12,14-15H,3-5,8-9H2,1-2H3,(H,20,22)/t14-/m0/s1. The molecule has 2 aromatic rings. The zero-order chi connectivity index (χ0) is 16.2. The molecule has 0 unspecified atom stereocenters. The second-order valence-corrected chi connectivity index (χ2v) is 7.76. The number of benzene rings is 1. The largest absolute Gasteiger partial charge is 0.352 e. The van der Waals surface area contributed by atoms with Gasteiger partial charge in [-0.3, -0.25) is 4.79 Å². The predicted octanol–water partition coefficient (Wildman–Crippen LogP) is 4.47. The summed E-state index contributed by atoms with van der Waals surface area (Å²) in [6.45, 7) is 4.07. The molecule has 1 fully saturated rings. The fourth-order valence-electron chi connectivity index (χ4n) is 3.18. The van der Waals surface area contributed by atoms with E-state index in [0.29, 0.717) is 6.04 Å². The molecule has 4 heteroatoms. The van der Waals surface area contributed by atoms with Crippen molar-refractivity contribution >= 4 is 28.6 Å². The Morgan fingerprint density at radius 3 is 2.78 bits per heavy atom. The summed E-state index contributed by atoms with van der Waals surface area (Å²) in [5.41, 5.74) is 2.20. The lowest BCUT2D eigenvalue weighted by Gasteiger charge is -2.24. The third-order valence-corrected chi connectivity index (χ3v) is 5.54. The molecular weight excluding hydrogens is 304 g/mol. The lowest BCUT2D eigenvalue weighted by atomic mass is 9.95. The van der Waals surface area contributed by atoms with Crippen LogP contribution in [0.2, 0.25) is 0 Å². The van der Waals surface area contributed by atoms with Crippen molar-refractivity contribution in [1.82, 2.24) is 10.3 Å². The van der Waals surface area contributed by atoms with Crippen LogP contribution >= 0.6 is 11.8 Å². The van der Waals surface area contributed by atoms with Crippen molar-refractivity contribution in [2.75, 3.05) is 0 Å². The number of aryl methyl sites for hydroxylation is 1. The topological polar surface area (TPSA) is 42.0 Å². The lowest BCUT2D eigenvalue weighted by Crippen LogP contribution is -2.40. The number of para-hydroxylation sites is 1. The molecule has 3 nitrogen and oxygen atoms in total. The van der Waals surface area contributed by atoms with Gasteiger partial charge in [0.25, 0.3) is 0 Å². The highest BCUT2D eigenvalue weighted by atomic mass is 32.2. The van der Waals surface area contributed by atoms with E-state index in [4.69, 9.17) is 0 Å². The van der Waals surface area contributed by atoms with Gasteiger partial charge in [-0.1, -0.05) is 49.2 Å². The Kier molecular flexibility index (Phi) is 5.21. The molecule has 0 saturated heterocycles. The van der Waals surface area contributed by atoms with Gasteiger partial charge in [-0.2, -0.15) is 0 Å². The summed E-state index contributed by atoms with van der Waals surface area (Å²) in [6, 6.07) is 10.6. The zero-order valence-electron chi connectivity index (χ0n) is 13.8. The highest BCUT2D eigenvalue weighted by molar-refractivity contribution is 8.00. The van der Waals surface area contributed by atoms with Crippen molar-refractivity contribution in [3.63, 3.8) is 0 Å². The Morgan fingerprint density at radius 1 is 1.26 bits per heavy atom. The number of pyridine rings is 1. The van der Waals surface area contributed by atoms with Crippen molar-refractivity contribution < 1.29 is 4.79 Å². The van der Waals surface area contributed by atoms with Crippen LogP contribution in [0.3, 0.4) is 0 Å². The second kappa shape index (κ2) is 7.35. The van der Waals surface area contributed by atoms with Gasteiger partial charge in [-0.05, 0) is 44.4 Å². The van der Waals surface area contributed by atoms with Crippen LogP contribution in [-0.2, 0) is 4.79 Å². The van der Waals surface area contributed by atoms with Crippen LogP contribution in [0, 0.1) is 6.92 Å². The normalized spacial score (nSPS) is 17.1. The van der Waals surface area contributed by atoms with E-state index in [1.165, 1.54) is 30.2 Å². The molecule has 1 aromatic carbocycles. The number of nitrogens with one attached hydrogen (secondary N) is 1. The van der Waals surface area contributed by atoms with Gasteiger partial charge in [0.15, 0.2) is 0 Å². The molecule has 23 heavy (non-hydrogen) atoms. The monoisotopic (exact) mass is 328 g/mol. The molecule has 1 aromatic heterocycles. The van der Waals surface area contributed by atoms with Gasteiger partial charge in [-0.15, -0.1) is 0 Å². The molecule has 3 rings (SSSR count). The van der Waals surface area contributed by atoms with E-state index < -0.39 is 0 Å². The average Bonchev–Trinajstić information content (AvgIpc) is 2.56. The van der Waals surface area contributed by atoms with Crippen molar-refractivity contribution in [2.24, 2.45) is 0 Å². The van der Waals surface area contributed by atoms with Gasteiger partial charge in [0, 0.05) is 11.4 Å². The zero-order valence-corrected chi connectivity index (χ0v) is 14.7. The van der Waals surface area contributed by atoms with E-state index in [9.17, 15) is 4.79 Å². The SMILES string of the molecule is Cc1cc(S[C@@H](C)C(=O)NC2CCCCC2)nc2ccccc12. The quantitative estimate of drug-likeness (QED) is 0.842. The van der Waals surface area contributed by atoms with Gasteiger partial charge >= 0.3 is 0 Å². The first kappa shape index (κ1) is 16.3. The number of rotatable bonds is 4. The summed E-state index contributed by atoms with van der Waals surface area (Å²) in [4.78, 5) is 17.1. The number of carbonyl (C=O) groups is 1. The predicted molar refractivity (Wildman–Crippen MR) is 96.8 cm³/mol. The average molecular weight is 328 g/mol. The smallest absolute Gasteiger partial charge is 0.233 e. The fraction of sp³-hybridized carbons (Fsp3) is 0.474. The Balaban J connectivity index is 1.67. The van der Waals surface area contributed by atoms with E-state index in [2.05, 4.69) is 29.4 Å². The van der Waals surface area contributed by atoms with Gasteiger partial charge < -0.3 is 5.32 Å². The van der Waals surface area contributed by atoms with Crippen LogP contribution < -0.4 is 5.32 Å². The lowest BCUT2D eigenvalue weighted by molar-refractivity contribution is -0.121. The Hall–Kier alpha value is -1.55. The highest BCUT2D eigenvalue weighted by Gasteiger charge is 2.20. The fourth-order valence-corrected chi connectivity index (χ4v) is 4.11. The Morgan fingerprint density at radius 2 is 2.00 bits per heavy atom. The van der Waals surface area contributed by atoms with Crippen LogP contribution in [0.5, 0.6) is 0 Å². The number of nitrogens with zero attached hydrogens (tertiary/aromatic N) is 1. The summed E-state index contributed by atoms with van der Waals surface area (Å²) in [6.07, 6.45) is 6.01. The van der Waals surface area contributed by atoms with Crippen molar-refractivity contribution in [3.8, 4) is 0 Å². The summed E-state index contributed by atoms with van der Waals surface area (Å²) in [5, 5.41) is 5.18. The van der Waals surface area contributed by atoms with Crippen molar-refractivity contribution in [2.45, 2.75) is 62.3 Å². The molecule has 0 aliphatic heterocycles. The van der Waals surface area contributed by atoms with Crippen LogP contribution in [0.15, 0.2) is 35.4 Å². The van der Waals surface area contributed by atoms with Gasteiger partial charge in [-0.25, -0.2) is 4.98 Å². The second-order valence-electron chi connectivity index (χ2n) is 6.40. The van der Waals surface area contributed by atoms with Gasteiger partial charge in [0.05, 0.1) is 15.8 Å². The van der Waals surface area contributed by atoms with E-state index in [-0.39, 0.29) is 11.2 Å².